The standard InChI is InChI=1S/C17H23N3O4/c1-6-7-17(5,16(22)23)18-15(21)13-8-10(2)20(12(13)4)14-9-11(3)24-19-14/h8-9H,6-7H2,1-5H3,(H,18,21)(H,22,23). The van der Waals surface area contributed by atoms with Gasteiger partial charge in [0, 0.05) is 17.5 Å². The van der Waals surface area contributed by atoms with Gasteiger partial charge in [-0.05, 0) is 40.2 Å². The fourth-order valence-corrected chi connectivity index (χ4v) is 2.84. The molecule has 0 aliphatic heterocycles. The third kappa shape index (κ3) is 3.20. The van der Waals surface area contributed by atoms with Crippen LogP contribution in [0.25, 0.3) is 5.82 Å². The van der Waals surface area contributed by atoms with E-state index in [-0.39, 0.29) is 0 Å². The number of aliphatic carboxylic acids is 1. The number of aryl methyl sites for hydroxylation is 2. The average molecular weight is 333 g/mol. The lowest BCUT2D eigenvalue weighted by Crippen LogP contribution is -2.52. The summed E-state index contributed by atoms with van der Waals surface area (Å²) in [4.78, 5) is 24.1. The summed E-state index contributed by atoms with van der Waals surface area (Å²) in [5.41, 5.74) is 0.636. The fourth-order valence-electron chi connectivity index (χ4n) is 2.84. The molecule has 0 fully saturated rings. The molecule has 0 saturated heterocycles. The quantitative estimate of drug-likeness (QED) is 0.847. The number of carbonyl (C=O) groups is 2. The van der Waals surface area contributed by atoms with Gasteiger partial charge in [0.2, 0.25) is 0 Å². The molecule has 1 unspecified atom stereocenters. The van der Waals surface area contributed by atoms with Crippen LogP contribution in [0.2, 0.25) is 0 Å². The molecule has 1 atom stereocenters. The van der Waals surface area contributed by atoms with Gasteiger partial charge in [-0.3, -0.25) is 9.36 Å². The Morgan fingerprint density at radius 1 is 1.33 bits per heavy atom. The number of carboxylic acids is 1. The number of carboxylic acid groups (broad SMARTS) is 1. The van der Waals surface area contributed by atoms with E-state index >= 15 is 0 Å². The first kappa shape index (κ1) is 17.8. The zero-order valence-corrected chi connectivity index (χ0v) is 14.6. The monoisotopic (exact) mass is 333 g/mol. The minimum atomic E-state index is -1.29. The molecular weight excluding hydrogens is 310 g/mol. The molecule has 7 nitrogen and oxygen atoms in total. The summed E-state index contributed by atoms with van der Waals surface area (Å²) in [6, 6.07) is 3.50. The first-order chi connectivity index (χ1) is 11.2. The molecule has 2 N–H and O–H groups in total. The van der Waals surface area contributed by atoms with Gasteiger partial charge in [0.05, 0.1) is 5.56 Å². The Morgan fingerprint density at radius 3 is 2.50 bits per heavy atom. The maximum absolute atomic E-state index is 12.6. The van der Waals surface area contributed by atoms with Crippen LogP contribution in [-0.2, 0) is 4.79 Å². The van der Waals surface area contributed by atoms with Crippen LogP contribution in [0.4, 0.5) is 0 Å². The van der Waals surface area contributed by atoms with Crippen molar-refractivity contribution in [2.75, 3.05) is 0 Å². The van der Waals surface area contributed by atoms with E-state index in [2.05, 4.69) is 10.5 Å². The van der Waals surface area contributed by atoms with Crippen molar-refractivity contribution in [3.63, 3.8) is 0 Å². The predicted molar refractivity (Wildman–Crippen MR) is 88.5 cm³/mol. The van der Waals surface area contributed by atoms with Gasteiger partial charge in [0.25, 0.3) is 5.91 Å². The molecule has 0 aromatic carbocycles. The highest BCUT2D eigenvalue weighted by Crippen LogP contribution is 2.22. The van der Waals surface area contributed by atoms with Crippen LogP contribution in [-0.4, -0.2) is 32.2 Å². The molecule has 130 valence electrons. The Hall–Kier alpha value is -2.57. The summed E-state index contributed by atoms with van der Waals surface area (Å²) >= 11 is 0. The topological polar surface area (TPSA) is 97.4 Å². The van der Waals surface area contributed by atoms with Crippen LogP contribution in [0.15, 0.2) is 16.7 Å². The summed E-state index contributed by atoms with van der Waals surface area (Å²) in [5.74, 6) is -0.187. The molecule has 0 aliphatic carbocycles. The molecule has 0 aliphatic rings. The van der Waals surface area contributed by atoms with Crippen molar-refractivity contribution in [2.45, 2.75) is 53.0 Å². The van der Waals surface area contributed by atoms with Gasteiger partial charge in [-0.1, -0.05) is 18.5 Å². The lowest BCUT2D eigenvalue weighted by molar-refractivity contribution is -0.144. The number of hydrogen-bond acceptors (Lipinski definition) is 4. The minimum Gasteiger partial charge on any atom is -0.480 e. The lowest BCUT2D eigenvalue weighted by Gasteiger charge is -2.25. The fraction of sp³-hybridized carbons (Fsp3) is 0.471. The van der Waals surface area contributed by atoms with Crippen molar-refractivity contribution in [3.8, 4) is 5.82 Å². The molecular formula is C17H23N3O4. The number of aromatic nitrogens is 2. The molecule has 2 aromatic rings. The molecule has 2 aromatic heterocycles. The smallest absolute Gasteiger partial charge is 0.329 e. The molecule has 2 rings (SSSR count). The molecule has 0 saturated carbocycles. The summed E-state index contributed by atoms with van der Waals surface area (Å²) < 4.78 is 6.90. The summed E-state index contributed by atoms with van der Waals surface area (Å²) in [5, 5.41) is 16.1. The van der Waals surface area contributed by atoms with E-state index in [4.69, 9.17) is 4.52 Å². The summed E-state index contributed by atoms with van der Waals surface area (Å²) in [6.07, 6.45) is 1.01. The van der Waals surface area contributed by atoms with Crippen LogP contribution in [0.1, 0.15) is 54.2 Å². The SMILES string of the molecule is CCCC(C)(NC(=O)c1cc(C)n(-c2cc(C)on2)c1C)C(=O)O. The average Bonchev–Trinajstić information content (AvgIpc) is 3.02. The maximum atomic E-state index is 12.6. The van der Waals surface area contributed by atoms with Gasteiger partial charge < -0.3 is 14.9 Å². The number of amides is 1. The molecule has 0 bridgehead atoms. The summed E-state index contributed by atoms with van der Waals surface area (Å²) in [7, 11) is 0. The van der Waals surface area contributed by atoms with E-state index in [9.17, 15) is 14.7 Å². The van der Waals surface area contributed by atoms with E-state index in [1.165, 1.54) is 6.92 Å². The third-order valence-electron chi connectivity index (χ3n) is 4.13. The van der Waals surface area contributed by atoms with Gasteiger partial charge in [0.15, 0.2) is 5.82 Å². The van der Waals surface area contributed by atoms with Gasteiger partial charge in [-0.25, -0.2) is 4.79 Å². The van der Waals surface area contributed by atoms with Crippen LogP contribution in [0, 0.1) is 20.8 Å². The maximum Gasteiger partial charge on any atom is 0.329 e. The molecule has 0 radical (unpaired) electrons. The van der Waals surface area contributed by atoms with E-state index < -0.39 is 17.4 Å². The second-order valence-electron chi connectivity index (χ2n) is 6.26. The zero-order chi connectivity index (χ0) is 18.1. The van der Waals surface area contributed by atoms with Crippen LogP contribution >= 0.6 is 0 Å². The highest BCUT2D eigenvalue weighted by molar-refractivity contribution is 5.99. The number of hydrogen-bond donors (Lipinski definition) is 2. The molecule has 0 spiro atoms. The predicted octanol–water partition coefficient (Wildman–Crippen LogP) is 2.76. The first-order valence-corrected chi connectivity index (χ1v) is 7.88. The Morgan fingerprint density at radius 2 is 2.00 bits per heavy atom. The highest BCUT2D eigenvalue weighted by Gasteiger charge is 2.35. The number of nitrogens with one attached hydrogen (secondary N) is 1. The highest BCUT2D eigenvalue weighted by atomic mass is 16.5. The van der Waals surface area contributed by atoms with Gasteiger partial charge in [-0.15, -0.1) is 0 Å². The van der Waals surface area contributed by atoms with Gasteiger partial charge >= 0.3 is 5.97 Å². The number of nitrogens with zero attached hydrogens (tertiary/aromatic N) is 2. The van der Waals surface area contributed by atoms with Crippen molar-refractivity contribution in [3.05, 3.63) is 34.8 Å². The van der Waals surface area contributed by atoms with E-state index in [1.54, 1.807) is 26.0 Å². The first-order valence-electron chi connectivity index (χ1n) is 7.88. The van der Waals surface area contributed by atoms with E-state index in [1.807, 2.05) is 18.4 Å². The third-order valence-corrected chi connectivity index (χ3v) is 4.13. The van der Waals surface area contributed by atoms with E-state index in [0.29, 0.717) is 35.7 Å². The van der Waals surface area contributed by atoms with Crippen LogP contribution < -0.4 is 5.32 Å². The summed E-state index contributed by atoms with van der Waals surface area (Å²) in [6.45, 7) is 8.85. The van der Waals surface area contributed by atoms with E-state index in [0.717, 1.165) is 5.69 Å². The van der Waals surface area contributed by atoms with Crippen molar-refractivity contribution in [1.29, 1.82) is 0 Å². The number of rotatable bonds is 6. The Kier molecular flexibility index (Phi) is 4.82. The Labute approximate surface area is 140 Å². The van der Waals surface area contributed by atoms with Crippen molar-refractivity contribution < 1.29 is 19.2 Å². The Balaban J connectivity index is 2.36. The van der Waals surface area contributed by atoms with Crippen molar-refractivity contribution in [1.82, 2.24) is 15.0 Å². The second-order valence-corrected chi connectivity index (χ2v) is 6.26. The van der Waals surface area contributed by atoms with Gasteiger partial charge in [0.1, 0.15) is 11.3 Å². The van der Waals surface area contributed by atoms with Crippen LogP contribution in [0.3, 0.4) is 0 Å². The van der Waals surface area contributed by atoms with Gasteiger partial charge in [-0.2, -0.15) is 0 Å². The zero-order valence-electron chi connectivity index (χ0n) is 14.6. The largest absolute Gasteiger partial charge is 0.480 e. The van der Waals surface area contributed by atoms with Crippen molar-refractivity contribution >= 4 is 11.9 Å². The molecule has 24 heavy (non-hydrogen) atoms. The minimum absolute atomic E-state index is 0.356. The van der Waals surface area contributed by atoms with Crippen LogP contribution in [0.5, 0.6) is 0 Å². The molecule has 1 amide bonds. The molecule has 2 heterocycles. The van der Waals surface area contributed by atoms with Crippen molar-refractivity contribution in [2.24, 2.45) is 0 Å². The molecule has 7 heteroatoms. The second kappa shape index (κ2) is 6.51. The normalized spacial score (nSPS) is 13.5. The lowest BCUT2D eigenvalue weighted by atomic mass is 9.96. The Bertz CT molecular complexity index is 775. The number of carbonyl (C=O) groups excluding carboxylic acids is 1.